The van der Waals surface area contributed by atoms with Gasteiger partial charge in [-0.25, -0.2) is 0 Å². The summed E-state index contributed by atoms with van der Waals surface area (Å²) < 4.78 is 0.992. The number of aryl methyl sites for hydroxylation is 1. The lowest BCUT2D eigenvalue weighted by molar-refractivity contribution is -0.115. The fraction of sp³-hybridized carbons (Fsp3) is 0.182. The lowest BCUT2D eigenvalue weighted by atomic mass is 10.1. The molecule has 6 heteroatoms. The largest absolute Gasteiger partial charge is 0.293 e. The van der Waals surface area contributed by atoms with Crippen LogP contribution in [0.5, 0.6) is 0 Å². The van der Waals surface area contributed by atoms with Gasteiger partial charge in [-0.05, 0) is 24.6 Å². The predicted octanol–water partition coefficient (Wildman–Crippen LogP) is 2.06. The topological polar surface area (TPSA) is 70.7 Å². The molecule has 2 N–H and O–H groups in total. The van der Waals surface area contributed by atoms with Gasteiger partial charge < -0.3 is 0 Å². The number of nitrogens with zero attached hydrogens (tertiary/aromatic N) is 2. The number of carbonyl (C=O) groups excluding carboxylic acids is 1. The summed E-state index contributed by atoms with van der Waals surface area (Å²) in [5.74, 6) is 0.847. The Labute approximate surface area is 107 Å². The van der Waals surface area contributed by atoms with Crippen LogP contribution in [0.3, 0.4) is 0 Å². The Hall–Kier alpha value is -1.69. The smallest absolute Gasteiger partial charge is 0.248 e. The summed E-state index contributed by atoms with van der Waals surface area (Å²) in [6.07, 6.45) is 0.306. The number of aromatic nitrogens is 3. The molecule has 0 aliphatic heterocycles. The van der Waals surface area contributed by atoms with E-state index in [2.05, 4.69) is 36.4 Å². The van der Waals surface area contributed by atoms with Crippen LogP contribution in [0, 0.1) is 6.92 Å². The molecule has 0 radical (unpaired) electrons. The maximum atomic E-state index is 11.7. The van der Waals surface area contributed by atoms with E-state index in [1.807, 2.05) is 24.3 Å². The van der Waals surface area contributed by atoms with E-state index in [1.165, 1.54) is 0 Å². The highest BCUT2D eigenvalue weighted by Gasteiger charge is 2.06. The summed E-state index contributed by atoms with van der Waals surface area (Å²) in [5, 5.41) is 9.12. The lowest BCUT2D eigenvalue weighted by Crippen LogP contribution is -2.15. The van der Waals surface area contributed by atoms with E-state index in [0.29, 0.717) is 18.2 Å². The Balaban J connectivity index is 1.95. The molecular weight excluding hydrogens is 284 g/mol. The Kier molecular flexibility index (Phi) is 3.53. The number of hydrogen-bond acceptors (Lipinski definition) is 3. The van der Waals surface area contributed by atoms with Crippen molar-refractivity contribution < 1.29 is 4.79 Å². The highest BCUT2D eigenvalue weighted by atomic mass is 79.9. The number of carbonyl (C=O) groups is 1. The maximum absolute atomic E-state index is 11.7. The third-order valence-corrected chi connectivity index (χ3v) is 2.66. The molecule has 0 aliphatic rings. The van der Waals surface area contributed by atoms with Gasteiger partial charge in [0.15, 0.2) is 0 Å². The minimum absolute atomic E-state index is 0.133. The first-order valence-electron chi connectivity index (χ1n) is 5.07. The van der Waals surface area contributed by atoms with Gasteiger partial charge >= 0.3 is 0 Å². The zero-order valence-electron chi connectivity index (χ0n) is 9.20. The normalized spacial score (nSPS) is 10.2. The number of halogens is 1. The number of amides is 1. The number of hydrogen-bond donors (Lipinski definition) is 2. The van der Waals surface area contributed by atoms with Crippen molar-refractivity contribution in [2.24, 2.45) is 0 Å². The fourth-order valence-electron chi connectivity index (χ4n) is 1.36. The third kappa shape index (κ3) is 3.39. The first kappa shape index (κ1) is 11.8. The zero-order chi connectivity index (χ0) is 12.3. The first-order chi connectivity index (χ1) is 8.13. The maximum Gasteiger partial charge on any atom is 0.248 e. The van der Waals surface area contributed by atoms with E-state index >= 15 is 0 Å². The predicted molar refractivity (Wildman–Crippen MR) is 67.6 cm³/mol. The molecule has 0 saturated carbocycles. The molecule has 2 aromatic rings. The minimum atomic E-state index is -0.133. The molecule has 0 bridgehead atoms. The van der Waals surface area contributed by atoms with E-state index in [0.717, 1.165) is 10.0 Å². The molecule has 0 aliphatic carbocycles. The van der Waals surface area contributed by atoms with E-state index in [1.54, 1.807) is 6.92 Å². The van der Waals surface area contributed by atoms with Crippen molar-refractivity contribution in [3.05, 3.63) is 40.1 Å². The second kappa shape index (κ2) is 5.09. The summed E-state index contributed by atoms with van der Waals surface area (Å²) in [7, 11) is 0. The van der Waals surface area contributed by atoms with Gasteiger partial charge in [-0.1, -0.05) is 28.1 Å². The number of anilines is 1. The van der Waals surface area contributed by atoms with Crippen LogP contribution >= 0.6 is 15.9 Å². The second-order valence-electron chi connectivity index (χ2n) is 3.60. The summed E-state index contributed by atoms with van der Waals surface area (Å²) in [6.45, 7) is 1.78. The van der Waals surface area contributed by atoms with Crippen molar-refractivity contribution in [2.75, 3.05) is 5.32 Å². The molecule has 0 unspecified atom stereocenters. The molecule has 0 atom stereocenters. The Bertz CT molecular complexity index is 521. The van der Waals surface area contributed by atoms with Gasteiger partial charge in [0, 0.05) is 4.47 Å². The van der Waals surface area contributed by atoms with E-state index in [4.69, 9.17) is 0 Å². The zero-order valence-corrected chi connectivity index (χ0v) is 10.8. The van der Waals surface area contributed by atoms with Crippen LogP contribution in [0.15, 0.2) is 28.7 Å². The van der Waals surface area contributed by atoms with Crippen LogP contribution in [0.2, 0.25) is 0 Å². The van der Waals surface area contributed by atoms with Crippen molar-refractivity contribution in [3.63, 3.8) is 0 Å². The molecule has 0 fully saturated rings. The van der Waals surface area contributed by atoms with Crippen molar-refractivity contribution >= 4 is 27.8 Å². The van der Waals surface area contributed by atoms with Crippen LogP contribution in [-0.2, 0) is 11.2 Å². The average molecular weight is 295 g/mol. The Morgan fingerprint density at radius 1 is 1.41 bits per heavy atom. The number of benzene rings is 1. The van der Waals surface area contributed by atoms with E-state index < -0.39 is 0 Å². The molecule has 1 amide bonds. The number of nitrogens with one attached hydrogen (secondary N) is 2. The quantitative estimate of drug-likeness (QED) is 0.910. The van der Waals surface area contributed by atoms with Crippen LogP contribution in [0.25, 0.3) is 0 Å². The number of rotatable bonds is 3. The Morgan fingerprint density at radius 2 is 2.12 bits per heavy atom. The van der Waals surface area contributed by atoms with Crippen LogP contribution in [0.1, 0.15) is 11.4 Å². The lowest BCUT2D eigenvalue weighted by Gasteiger charge is -2.01. The van der Waals surface area contributed by atoms with Crippen molar-refractivity contribution in [2.45, 2.75) is 13.3 Å². The standard InChI is InChI=1S/C11H11BrN4O/c1-7-13-11(16-15-7)14-10(17)6-8-2-4-9(12)5-3-8/h2-5H,6H2,1H3,(H2,13,14,15,16,17). The molecule has 0 saturated heterocycles. The van der Waals surface area contributed by atoms with Crippen LogP contribution in [0.4, 0.5) is 5.95 Å². The molecular formula is C11H11BrN4O. The summed E-state index contributed by atoms with van der Waals surface area (Å²) >= 11 is 3.34. The molecule has 1 heterocycles. The summed E-state index contributed by atoms with van der Waals surface area (Å²) in [5.41, 5.74) is 0.943. The average Bonchev–Trinajstić information content (AvgIpc) is 2.67. The van der Waals surface area contributed by atoms with E-state index in [-0.39, 0.29) is 5.91 Å². The van der Waals surface area contributed by atoms with Gasteiger partial charge in [-0.3, -0.25) is 15.2 Å². The van der Waals surface area contributed by atoms with Crippen LogP contribution in [-0.4, -0.2) is 21.1 Å². The molecule has 5 nitrogen and oxygen atoms in total. The van der Waals surface area contributed by atoms with Gasteiger partial charge in [0.2, 0.25) is 11.9 Å². The number of H-pyrrole nitrogens is 1. The third-order valence-electron chi connectivity index (χ3n) is 2.13. The monoisotopic (exact) mass is 294 g/mol. The molecule has 17 heavy (non-hydrogen) atoms. The SMILES string of the molecule is Cc1nc(NC(=O)Cc2ccc(Br)cc2)n[nH]1. The fourth-order valence-corrected chi connectivity index (χ4v) is 1.62. The number of aromatic amines is 1. The molecule has 2 rings (SSSR count). The minimum Gasteiger partial charge on any atom is -0.293 e. The molecule has 0 spiro atoms. The van der Waals surface area contributed by atoms with Gasteiger partial charge in [-0.2, -0.15) is 4.98 Å². The summed E-state index contributed by atoms with van der Waals surface area (Å²) in [6, 6.07) is 7.60. The highest BCUT2D eigenvalue weighted by Crippen LogP contribution is 2.11. The van der Waals surface area contributed by atoms with Gasteiger partial charge in [0.1, 0.15) is 5.82 Å². The van der Waals surface area contributed by atoms with Crippen molar-refractivity contribution in [3.8, 4) is 0 Å². The van der Waals surface area contributed by atoms with E-state index in [9.17, 15) is 4.79 Å². The van der Waals surface area contributed by atoms with Crippen molar-refractivity contribution in [1.29, 1.82) is 0 Å². The van der Waals surface area contributed by atoms with Gasteiger partial charge in [-0.15, -0.1) is 5.10 Å². The van der Waals surface area contributed by atoms with Gasteiger partial charge in [0.05, 0.1) is 6.42 Å². The first-order valence-corrected chi connectivity index (χ1v) is 5.86. The molecule has 1 aromatic carbocycles. The van der Waals surface area contributed by atoms with Crippen LogP contribution < -0.4 is 5.32 Å². The van der Waals surface area contributed by atoms with Gasteiger partial charge in [0.25, 0.3) is 0 Å². The van der Waals surface area contributed by atoms with Crippen molar-refractivity contribution in [1.82, 2.24) is 15.2 Å². The molecule has 88 valence electrons. The highest BCUT2D eigenvalue weighted by molar-refractivity contribution is 9.10. The molecule has 1 aromatic heterocycles. The summed E-state index contributed by atoms with van der Waals surface area (Å²) in [4.78, 5) is 15.7. The Morgan fingerprint density at radius 3 is 2.71 bits per heavy atom. The second-order valence-corrected chi connectivity index (χ2v) is 4.51.